The Morgan fingerprint density at radius 3 is 2.83 bits per heavy atom. The summed E-state index contributed by atoms with van der Waals surface area (Å²) >= 11 is 0. The second kappa shape index (κ2) is 9.26. The van der Waals surface area contributed by atoms with Gasteiger partial charge >= 0.3 is 5.69 Å². The van der Waals surface area contributed by atoms with Gasteiger partial charge in [-0.15, -0.1) is 0 Å². The highest BCUT2D eigenvalue weighted by molar-refractivity contribution is 5.76. The molecule has 0 radical (unpaired) electrons. The number of fused-ring (bicyclic) bond motifs is 1. The monoisotopic (exact) mass is 403 g/mol. The summed E-state index contributed by atoms with van der Waals surface area (Å²) < 4.78 is 13.4. The number of aryl methyl sites for hydroxylation is 1. The molecule has 0 bridgehead atoms. The first-order valence-corrected chi connectivity index (χ1v) is 9.49. The highest BCUT2D eigenvalue weighted by atomic mass is 16.5. The molecule has 1 aliphatic rings. The Balaban J connectivity index is 1.59. The maximum absolute atomic E-state index is 12.4. The normalized spacial score (nSPS) is 13.3. The van der Waals surface area contributed by atoms with Crippen molar-refractivity contribution in [2.24, 2.45) is 5.73 Å². The molecular formula is C19H25N5O5. The second-order valence-electron chi connectivity index (χ2n) is 6.84. The van der Waals surface area contributed by atoms with E-state index in [2.05, 4.69) is 10.4 Å². The minimum absolute atomic E-state index is 0.129. The summed E-state index contributed by atoms with van der Waals surface area (Å²) in [6.07, 6.45) is 3.79. The first-order chi connectivity index (χ1) is 14.0. The lowest BCUT2D eigenvalue weighted by atomic mass is 10.2. The van der Waals surface area contributed by atoms with Crippen molar-refractivity contribution in [1.29, 1.82) is 0 Å². The van der Waals surface area contributed by atoms with Gasteiger partial charge in [0.1, 0.15) is 12.4 Å². The summed E-state index contributed by atoms with van der Waals surface area (Å²) in [5.41, 5.74) is 5.60. The molecule has 3 rings (SSSR count). The van der Waals surface area contributed by atoms with Gasteiger partial charge < -0.3 is 20.5 Å². The van der Waals surface area contributed by atoms with Crippen molar-refractivity contribution in [2.75, 3.05) is 13.7 Å². The average molecular weight is 403 g/mol. The summed E-state index contributed by atoms with van der Waals surface area (Å²) in [6, 6.07) is 5.08. The molecule has 0 unspecified atom stereocenters. The topological polar surface area (TPSA) is 130 Å². The number of hydrogen-bond donors (Lipinski definition) is 2. The summed E-state index contributed by atoms with van der Waals surface area (Å²) in [7, 11) is 1.48. The van der Waals surface area contributed by atoms with Crippen LogP contribution in [0.5, 0.6) is 11.5 Å². The van der Waals surface area contributed by atoms with E-state index in [1.54, 1.807) is 22.8 Å². The molecule has 0 spiro atoms. The zero-order chi connectivity index (χ0) is 20.8. The molecule has 10 heteroatoms. The number of rotatable bonds is 8. The molecular weight excluding hydrogens is 378 g/mol. The van der Waals surface area contributed by atoms with Crippen LogP contribution in [0.4, 0.5) is 0 Å². The highest BCUT2D eigenvalue weighted by Gasteiger charge is 2.17. The van der Waals surface area contributed by atoms with Crippen LogP contribution in [0.3, 0.4) is 0 Å². The van der Waals surface area contributed by atoms with E-state index < -0.39 is 5.91 Å². The molecule has 1 aliphatic heterocycles. The number of nitrogens with two attached hydrogens (primary N) is 1. The predicted octanol–water partition coefficient (Wildman–Crippen LogP) is -0.0397. The van der Waals surface area contributed by atoms with Gasteiger partial charge in [-0.05, 0) is 30.5 Å². The van der Waals surface area contributed by atoms with Crippen molar-refractivity contribution >= 4 is 11.8 Å². The Morgan fingerprint density at radius 1 is 1.24 bits per heavy atom. The van der Waals surface area contributed by atoms with Gasteiger partial charge in [0.15, 0.2) is 18.1 Å². The fourth-order valence-electron chi connectivity index (χ4n) is 3.21. The largest absolute Gasteiger partial charge is 0.493 e. The minimum atomic E-state index is -0.588. The van der Waals surface area contributed by atoms with E-state index >= 15 is 0 Å². The summed E-state index contributed by atoms with van der Waals surface area (Å²) in [5.74, 6) is 0.652. The van der Waals surface area contributed by atoms with Crippen molar-refractivity contribution in [1.82, 2.24) is 19.7 Å². The molecule has 1 aromatic carbocycles. The smallest absolute Gasteiger partial charge is 0.346 e. The van der Waals surface area contributed by atoms with E-state index in [-0.39, 0.29) is 31.3 Å². The van der Waals surface area contributed by atoms with Gasteiger partial charge in [-0.2, -0.15) is 5.10 Å². The third kappa shape index (κ3) is 5.15. The molecule has 10 nitrogen and oxygen atoms in total. The average Bonchev–Trinajstić information content (AvgIpc) is 2.87. The lowest BCUT2D eigenvalue weighted by molar-refractivity contribution is -0.122. The van der Waals surface area contributed by atoms with Crippen molar-refractivity contribution in [3.63, 3.8) is 0 Å². The number of benzene rings is 1. The molecule has 2 heterocycles. The maximum atomic E-state index is 12.4. The highest BCUT2D eigenvalue weighted by Crippen LogP contribution is 2.28. The molecule has 2 aromatic rings. The van der Waals surface area contributed by atoms with Crippen molar-refractivity contribution in [3.8, 4) is 11.5 Å². The zero-order valence-corrected chi connectivity index (χ0v) is 16.3. The number of aromatic nitrogens is 3. The Kier molecular flexibility index (Phi) is 6.53. The molecule has 29 heavy (non-hydrogen) atoms. The molecule has 0 saturated carbocycles. The van der Waals surface area contributed by atoms with Crippen LogP contribution in [0, 0.1) is 0 Å². The molecule has 0 atom stereocenters. The van der Waals surface area contributed by atoms with Gasteiger partial charge in [-0.3, -0.25) is 14.2 Å². The fourth-order valence-corrected chi connectivity index (χ4v) is 3.21. The van der Waals surface area contributed by atoms with Gasteiger partial charge in [-0.25, -0.2) is 9.48 Å². The number of ether oxygens (including phenoxy) is 2. The Bertz CT molecular complexity index is 949. The molecule has 0 saturated heterocycles. The van der Waals surface area contributed by atoms with Crippen LogP contribution in [0.2, 0.25) is 0 Å². The van der Waals surface area contributed by atoms with Gasteiger partial charge in [0.05, 0.1) is 7.11 Å². The third-order valence-electron chi connectivity index (χ3n) is 4.66. The number of hydrogen-bond acceptors (Lipinski definition) is 6. The molecule has 0 aliphatic carbocycles. The third-order valence-corrected chi connectivity index (χ3v) is 4.66. The lowest BCUT2D eigenvalue weighted by Gasteiger charge is -2.11. The SMILES string of the molecule is COc1cc(CNC(=O)Cn2nc3n(c2=O)CCCCC3)ccc1OCC(N)=O. The molecule has 0 fully saturated rings. The number of nitrogens with zero attached hydrogens (tertiary/aromatic N) is 3. The Hall–Kier alpha value is -3.30. The van der Waals surface area contributed by atoms with Gasteiger partial charge in [0.25, 0.3) is 5.91 Å². The molecule has 3 N–H and O–H groups in total. The standard InChI is InChI=1S/C19H25N5O5/c1-28-15-9-13(6-7-14(15)29-12-16(20)25)10-21-18(26)11-24-19(27)23-8-4-2-3-5-17(23)22-24/h6-7,9H,2-5,8,10-12H2,1H3,(H2,20,25)(H,21,26). The lowest BCUT2D eigenvalue weighted by Crippen LogP contribution is -2.33. The summed E-state index contributed by atoms with van der Waals surface area (Å²) in [6.45, 7) is 0.513. The van der Waals surface area contributed by atoms with E-state index in [4.69, 9.17) is 15.2 Å². The van der Waals surface area contributed by atoms with Crippen LogP contribution >= 0.6 is 0 Å². The molecule has 2 amide bonds. The van der Waals surface area contributed by atoms with Crippen molar-refractivity contribution in [3.05, 3.63) is 40.1 Å². The van der Waals surface area contributed by atoms with Crippen LogP contribution < -0.4 is 26.2 Å². The van der Waals surface area contributed by atoms with Crippen molar-refractivity contribution < 1.29 is 19.1 Å². The van der Waals surface area contributed by atoms with E-state index in [9.17, 15) is 14.4 Å². The van der Waals surface area contributed by atoms with E-state index in [0.717, 1.165) is 37.1 Å². The number of carbonyl (C=O) groups is 2. The maximum Gasteiger partial charge on any atom is 0.346 e. The Morgan fingerprint density at radius 2 is 2.07 bits per heavy atom. The summed E-state index contributed by atoms with van der Waals surface area (Å²) in [4.78, 5) is 35.6. The Labute approximate surface area is 167 Å². The fraction of sp³-hybridized carbons (Fsp3) is 0.474. The van der Waals surface area contributed by atoms with E-state index in [1.165, 1.54) is 11.8 Å². The van der Waals surface area contributed by atoms with Gasteiger partial charge in [-0.1, -0.05) is 12.5 Å². The first-order valence-electron chi connectivity index (χ1n) is 9.49. The van der Waals surface area contributed by atoms with Gasteiger partial charge in [0, 0.05) is 19.5 Å². The minimum Gasteiger partial charge on any atom is -0.493 e. The van der Waals surface area contributed by atoms with Crippen LogP contribution in [0.25, 0.3) is 0 Å². The quantitative estimate of drug-likeness (QED) is 0.636. The van der Waals surface area contributed by atoms with E-state index in [1.807, 2.05) is 0 Å². The van der Waals surface area contributed by atoms with Crippen LogP contribution in [-0.2, 0) is 35.6 Å². The zero-order valence-electron chi connectivity index (χ0n) is 16.3. The van der Waals surface area contributed by atoms with Crippen LogP contribution in [0.15, 0.2) is 23.0 Å². The molecule has 156 valence electrons. The first kappa shape index (κ1) is 20.4. The number of primary amides is 1. The van der Waals surface area contributed by atoms with Gasteiger partial charge in [0.2, 0.25) is 5.91 Å². The van der Waals surface area contributed by atoms with Crippen LogP contribution in [0.1, 0.15) is 30.7 Å². The number of amides is 2. The van der Waals surface area contributed by atoms with Crippen LogP contribution in [-0.4, -0.2) is 39.9 Å². The number of nitrogens with one attached hydrogen (secondary N) is 1. The predicted molar refractivity (Wildman–Crippen MR) is 104 cm³/mol. The second-order valence-corrected chi connectivity index (χ2v) is 6.84. The number of carbonyl (C=O) groups excluding carboxylic acids is 2. The molecule has 1 aromatic heterocycles. The number of methoxy groups -OCH3 is 1. The van der Waals surface area contributed by atoms with E-state index in [0.29, 0.717) is 18.0 Å². The summed E-state index contributed by atoms with van der Waals surface area (Å²) in [5, 5.41) is 7.08. The van der Waals surface area contributed by atoms with Crippen molar-refractivity contribution in [2.45, 2.75) is 45.3 Å².